The second kappa shape index (κ2) is 9.07. The lowest BCUT2D eigenvalue weighted by Gasteiger charge is -2.37. The molecule has 1 aromatic heterocycles. The molecule has 2 amide bonds. The predicted octanol–water partition coefficient (Wildman–Crippen LogP) is 3.19. The monoisotopic (exact) mass is 394 g/mol. The molecule has 0 bridgehead atoms. The van der Waals surface area contributed by atoms with E-state index in [9.17, 15) is 9.59 Å². The number of carbonyl (C=O) groups is 2. The van der Waals surface area contributed by atoms with Crippen LogP contribution in [0.5, 0.6) is 0 Å². The lowest BCUT2D eigenvalue weighted by Crippen LogP contribution is -2.49. The summed E-state index contributed by atoms with van der Waals surface area (Å²) in [5.74, 6) is -0.266. The minimum Gasteiger partial charge on any atom is -0.368 e. The topological polar surface area (TPSA) is 65.5 Å². The van der Waals surface area contributed by atoms with Crippen LogP contribution in [0.15, 0.2) is 36.7 Å². The van der Waals surface area contributed by atoms with Crippen LogP contribution in [0.1, 0.15) is 52.1 Å². The number of carbonyl (C=O) groups excluding carboxylic acids is 2. The number of aromatic nitrogens is 1. The fraction of sp³-hybridized carbons (Fsp3) is 0.435. The quantitative estimate of drug-likeness (QED) is 0.846. The molecule has 0 aliphatic carbocycles. The van der Waals surface area contributed by atoms with E-state index in [4.69, 9.17) is 0 Å². The first kappa shape index (κ1) is 20.8. The Morgan fingerprint density at radius 1 is 1.10 bits per heavy atom. The molecule has 1 fully saturated rings. The summed E-state index contributed by atoms with van der Waals surface area (Å²) in [4.78, 5) is 33.6. The second-order valence-electron chi connectivity index (χ2n) is 7.74. The average molecular weight is 395 g/mol. The molecule has 1 aliphatic rings. The summed E-state index contributed by atoms with van der Waals surface area (Å²) in [5, 5.41) is 2.91. The number of anilines is 1. The molecule has 0 radical (unpaired) electrons. The number of piperazine rings is 1. The summed E-state index contributed by atoms with van der Waals surface area (Å²) in [6, 6.07) is 8.07. The zero-order valence-corrected chi connectivity index (χ0v) is 17.7. The van der Waals surface area contributed by atoms with Gasteiger partial charge in [-0.05, 0) is 50.5 Å². The van der Waals surface area contributed by atoms with Crippen LogP contribution in [0, 0.1) is 13.8 Å². The molecule has 1 saturated heterocycles. The fourth-order valence-electron chi connectivity index (χ4n) is 3.50. The number of amides is 2. The maximum Gasteiger partial charge on any atom is 0.255 e. The molecule has 1 aromatic carbocycles. The van der Waals surface area contributed by atoms with Gasteiger partial charge in [-0.3, -0.25) is 14.6 Å². The first-order chi connectivity index (χ1) is 13.9. The summed E-state index contributed by atoms with van der Waals surface area (Å²) >= 11 is 0. The standard InChI is InChI=1S/C23H30N4O2/c1-5-17(3)25-22(28)19-13-20(15-24-14-19)23(29)27-11-9-26(10-12-27)21-8-6-7-16(2)18(21)4/h6-8,13-15,17H,5,9-12H2,1-4H3,(H,25,28). The van der Waals surface area contributed by atoms with E-state index in [1.54, 1.807) is 12.3 Å². The van der Waals surface area contributed by atoms with Crippen LogP contribution in [0.25, 0.3) is 0 Å². The molecule has 2 heterocycles. The fourth-order valence-corrected chi connectivity index (χ4v) is 3.50. The van der Waals surface area contributed by atoms with E-state index in [-0.39, 0.29) is 17.9 Å². The van der Waals surface area contributed by atoms with Crippen molar-refractivity contribution in [1.82, 2.24) is 15.2 Å². The third-order valence-electron chi connectivity index (χ3n) is 5.72. The Labute approximate surface area is 172 Å². The van der Waals surface area contributed by atoms with Crippen LogP contribution < -0.4 is 10.2 Å². The van der Waals surface area contributed by atoms with Crippen LogP contribution in [-0.4, -0.2) is 53.9 Å². The Morgan fingerprint density at radius 2 is 1.79 bits per heavy atom. The van der Waals surface area contributed by atoms with Gasteiger partial charge in [0.05, 0.1) is 11.1 Å². The van der Waals surface area contributed by atoms with Crippen molar-refractivity contribution >= 4 is 17.5 Å². The molecule has 6 nitrogen and oxygen atoms in total. The Balaban J connectivity index is 1.66. The number of nitrogens with one attached hydrogen (secondary N) is 1. The molecule has 0 saturated carbocycles. The largest absolute Gasteiger partial charge is 0.368 e. The Bertz CT molecular complexity index is 888. The van der Waals surface area contributed by atoms with Crippen LogP contribution in [0.3, 0.4) is 0 Å². The molecule has 1 atom stereocenters. The summed E-state index contributed by atoms with van der Waals surface area (Å²) in [6.07, 6.45) is 3.90. The van der Waals surface area contributed by atoms with Gasteiger partial charge in [-0.15, -0.1) is 0 Å². The molecular formula is C23H30N4O2. The molecule has 3 rings (SSSR count). The zero-order valence-electron chi connectivity index (χ0n) is 17.7. The van der Waals surface area contributed by atoms with E-state index in [2.05, 4.69) is 47.2 Å². The maximum atomic E-state index is 13.0. The van der Waals surface area contributed by atoms with E-state index in [0.29, 0.717) is 24.2 Å². The van der Waals surface area contributed by atoms with E-state index in [1.807, 2.05) is 18.7 Å². The van der Waals surface area contributed by atoms with E-state index < -0.39 is 0 Å². The van der Waals surface area contributed by atoms with Crippen molar-refractivity contribution in [2.24, 2.45) is 0 Å². The van der Waals surface area contributed by atoms with Gasteiger partial charge in [0.2, 0.25) is 0 Å². The van der Waals surface area contributed by atoms with E-state index in [0.717, 1.165) is 19.5 Å². The number of aryl methyl sites for hydroxylation is 1. The molecule has 1 aliphatic heterocycles. The van der Waals surface area contributed by atoms with Crippen LogP contribution in [-0.2, 0) is 0 Å². The van der Waals surface area contributed by atoms with Gasteiger partial charge < -0.3 is 15.1 Å². The number of hydrogen-bond donors (Lipinski definition) is 1. The van der Waals surface area contributed by atoms with Crippen LogP contribution in [0.2, 0.25) is 0 Å². The minimum atomic E-state index is -0.193. The Hall–Kier alpha value is -2.89. The highest BCUT2D eigenvalue weighted by atomic mass is 16.2. The molecule has 1 unspecified atom stereocenters. The van der Waals surface area contributed by atoms with Crippen molar-refractivity contribution in [3.05, 3.63) is 58.9 Å². The number of nitrogens with zero attached hydrogens (tertiary/aromatic N) is 3. The zero-order chi connectivity index (χ0) is 21.0. The summed E-state index contributed by atoms with van der Waals surface area (Å²) in [7, 11) is 0. The maximum absolute atomic E-state index is 13.0. The minimum absolute atomic E-state index is 0.0729. The average Bonchev–Trinajstić information content (AvgIpc) is 2.75. The second-order valence-corrected chi connectivity index (χ2v) is 7.74. The first-order valence-electron chi connectivity index (χ1n) is 10.3. The molecule has 1 N–H and O–H groups in total. The van der Waals surface area contributed by atoms with Crippen molar-refractivity contribution in [1.29, 1.82) is 0 Å². The molecule has 6 heteroatoms. The lowest BCUT2D eigenvalue weighted by atomic mass is 10.1. The Kier molecular flexibility index (Phi) is 6.52. The van der Waals surface area contributed by atoms with Gasteiger partial charge in [0.1, 0.15) is 0 Å². The lowest BCUT2D eigenvalue weighted by molar-refractivity contribution is 0.0746. The SMILES string of the molecule is CCC(C)NC(=O)c1cncc(C(=O)N2CCN(c3cccc(C)c3C)CC2)c1. The van der Waals surface area contributed by atoms with Crippen molar-refractivity contribution in [3.63, 3.8) is 0 Å². The third kappa shape index (κ3) is 4.75. The van der Waals surface area contributed by atoms with Gasteiger partial charge in [0.15, 0.2) is 0 Å². The molecular weight excluding hydrogens is 364 g/mol. The van der Waals surface area contributed by atoms with Crippen molar-refractivity contribution in [2.45, 2.75) is 40.2 Å². The van der Waals surface area contributed by atoms with Gasteiger partial charge in [-0.1, -0.05) is 19.1 Å². The highest BCUT2D eigenvalue weighted by Gasteiger charge is 2.24. The normalized spacial score (nSPS) is 15.2. The number of hydrogen-bond acceptors (Lipinski definition) is 4. The molecule has 154 valence electrons. The molecule has 0 spiro atoms. The van der Waals surface area contributed by atoms with Gasteiger partial charge in [-0.2, -0.15) is 0 Å². The number of pyridine rings is 1. The van der Waals surface area contributed by atoms with Crippen LogP contribution in [0.4, 0.5) is 5.69 Å². The summed E-state index contributed by atoms with van der Waals surface area (Å²) < 4.78 is 0. The van der Waals surface area contributed by atoms with Crippen molar-refractivity contribution in [3.8, 4) is 0 Å². The number of benzene rings is 1. The highest BCUT2D eigenvalue weighted by molar-refractivity contribution is 5.99. The van der Waals surface area contributed by atoms with E-state index >= 15 is 0 Å². The summed E-state index contributed by atoms with van der Waals surface area (Å²) in [5.41, 5.74) is 4.69. The van der Waals surface area contributed by atoms with Gasteiger partial charge >= 0.3 is 0 Å². The smallest absolute Gasteiger partial charge is 0.255 e. The number of rotatable bonds is 5. The van der Waals surface area contributed by atoms with Gasteiger partial charge in [0, 0.05) is 50.3 Å². The van der Waals surface area contributed by atoms with Crippen LogP contribution >= 0.6 is 0 Å². The van der Waals surface area contributed by atoms with E-state index in [1.165, 1.54) is 23.0 Å². The highest BCUT2D eigenvalue weighted by Crippen LogP contribution is 2.24. The van der Waals surface area contributed by atoms with Crippen molar-refractivity contribution < 1.29 is 9.59 Å². The van der Waals surface area contributed by atoms with Gasteiger partial charge in [0.25, 0.3) is 11.8 Å². The molecule has 29 heavy (non-hydrogen) atoms. The molecule has 2 aromatic rings. The van der Waals surface area contributed by atoms with Gasteiger partial charge in [-0.25, -0.2) is 0 Å². The third-order valence-corrected chi connectivity index (χ3v) is 5.72. The Morgan fingerprint density at radius 3 is 2.48 bits per heavy atom. The predicted molar refractivity (Wildman–Crippen MR) is 115 cm³/mol. The first-order valence-corrected chi connectivity index (χ1v) is 10.3. The van der Waals surface area contributed by atoms with Crippen molar-refractivity contribution in [2.75, 3.05) is 31.1 Å². The summed E-state index contributed by atoms with van der Waals surface area (Å²) in [6.45, 7) is 11.1.